The minimum Gasteiger partial charge on any atom is -0.0617 e. The fourth-order valence-electron chi connectivity index (χ4n) is 10.9. The molecule has 0 radical (unpaired) electrons. The SMILES string of the molecule is CC1C(C)C2(C)C3C(C)C1(C)C1(C)C4CC(C31)C2(C)C4C. The summed E-state index contributed by atoms with van der Waals surface area (Å²) in [4.78, 5) is 0. The van der Waals surface area contributed by atoms with Crippen LogP contribution in [0.4, 0.5) is 0 Å². The molecule has 0 N–H and O–H groups in total. The first kappa shape index (κ1) is 13.4. The van der Waals surface area contributed by atoms with Gasteiger partial charge in [-0.05, 0) is 75.4 Å². The third kappa shape index (κ3) is 0.800. The molecular weight excluding hydrogens is 252 g/mol. The highest BCUT2D eigenvalue weighted by atomic mass is 14.9. The van der Waals surface area contributed by atoms with Gasteiger partial charge in [0, 0.05) is 0 Å². The van der Waals surface area contributed by atoms with E-state index in [-0.39, 0.29) is 0 Å². The van der Waals surface area contributed by atoms with Crippen LogP contribution in [0.3, 0.4) is 0 Å². The zero-order valence-corrected chi connectivity index (χ0v) is 15.3. The van der Waals surface area contributed by atoms with E-state index in [1.807, 2.05) is 0 Å². The van der Waals surface area contributed by atoms with E-state index in [0.717, 1.165) is 47.3 Å². The van der Waals surface area contributed by atoms with Crippen molar-refractivity contribution in [3.05, 3.63) is 0 Å². The Bertz CT molecular complexity index is 544. The Kier molecular flexibility index (Phi) is 1.92. The van der Waals surface area contributed by atoms with Crippen LogP contribution in [0, 0.1) is 69.0 Å². The summed E-state index contributed by atoms with van der Waals surface area (Å²) in [5, 5.41) is 0. The van der Waals surface area contributed by atoms with Crippen molar-refractivity contribution in [2.45, 2.75) is 61.8 Å². The van der Waals surface area contributed by atoms with Crippen molar-refractivity contribution in [1.82, 2.24) is 0 Å². The lowest BCUT2D eigenvalue weighted by Gasteiger charge is -2.67. The van der Waals surface area contributed by atoms with E-state index in [4.69, 9.17) is 0 Å². The fourth-order valence-corrected chi connectivity index (χ4v) is 10.9. The van der Waals surface area contributed by atoms with Crippen LogP contribution in [0.25, 0.3) is 0 Å². The second-order valence-corrected chi connectivity index (χ2v) is 10.8. The Morgan fingerprint density at radius 2 is 1.10 bits per heavy atom. The Balaban J connectivity index is 1.91. The largest absolute Gasteiger partial charge is 0.0617 e. The summed E-state index contributed by atoms with van der Waals surface area (Å²) in [7, 11) is 0. The molecule has 0 aromatic rings. The van der Waals surface area contributed by atoms with Gasteiger partial charge in [0.15, 0.2) is 0 Å². The molecule has 5 saturated carbocycles. The highest BCUT2D eigenvalue weighted by Gasteiger charge is 2.90. The number of rotatable bonds is 0. The van der Waals surface area contributed by atoms with Gasteiger partial charge in [0.2, 0.25) is 0 Å². The van der Waals surface area contributed by atoms with E-state index in [1.54, 1.807) is 6.42 Å². The van der Waals surface area contributed by atoms with Gasteiger partial charge in [0.25, 0.3) is 0 Å². The van der Waals surface area contributed by atoms with Gasteiger partial charge in [0.05, 0.1) is 0 Å². The topological polar surface area (TPSA) is 0 Å². The average molecular weight is 287 g/mol. The molecule has 5 fully saturated rings. The molecule has 5 rings (SSSR count). The van der Waals surface area contributed by atoms with Crippen molar-refractivity contribution in [3.63, 3.8) is 0 Å². The summed E-state index contributed by atoms with van der Waals surface area (Å²) in [6.45, 7) is 21.4. The summed E-state index contributed by atoms with van der Waals surface area (Å²) in [5.41, 5.74) is 2.42. The molecular formula is C21H34. The Morgan fingerprint density at radius 1 is 0.524 bits per heavy atom. The van der Waals surface area contributed by atoms with Crippen LogP contribution in [0.1, 0.15) is 61.8 Å². The third-order valence-corrected chi connectivity index (χ3v) is 12.3. The molecule has 21 heavy (non-hydrogen) atoms. The van der Waals surface area contributed by atoms with Crippen molar-refractivity contribution >= 4 is 0 Å². The average Bonchev–Trinajstić information content (AvgIpc) is 3.00. The highest BCUT2D eigenvalue weighted by molar-refractivity contribution is 5.37. The Morgan fingerprint density at radius 3 is 1.71 bits per heavy atom. The second kappa shape index (κ2) is 3.01. The van der Waals surface area contributed by atoms with Crippen LogP contribution in [0.5, 0.6) is 0 Å². The molecule has 0 heterocycles. The van der Waals surface area contributed by atoms with Gasteiger partial charge < -0.3 is 0 Å². The van der Waals surface area contributed by atoms with Gasteiger partial charge in [-0.1, -0.05) is 55.4 Å². The molecule has 0 spiro atoms. The maximum atomic E-state index is 2.75. The molecule has 0 aromatic carbocycles. The standard InChI is InChI=1S/C21H34/c1-10-11(2)20(7)16-13(4)18(10,5)21(8)14-9-15(17(16)21)19(20,6)12(14)3/h10-17H,9H2,1-8H3. The van der Waals surface area contributed by atoms with Crippen molar-refractivity contribution in [2.75, 3.05) is 0 Å². The van der Waals surface area contributed by atoms with Gasteiger partial charge in [-0.2, -0.15) is 0 Å². The quantitative estimate of drug-likeness (QED) is 0.553. The van der Waals surface area contributed by atoms with Crippen LogP contribution in [-0.4, -0.2) is 0 Å². The van der Waals surface area contributed by atoms with E-state index >= 15 is 0 Å². The predicted octanol–water partition coefficient (Wildman–Crippen LogP) is 5.48. The monoisotopic (exact) mass is 286 g/mol. The van der Waals surface area contributed by atoms with Crippen molar-refractivity contribution in [3.8, 4) is 0 Å². The zero-order chi connectivity index (χ0) is 15.3. The molecule has 0 aromatic heterocycles. The number of hydrogen-bond donors (Lipinski definition) is 0. The molecule has 0 amide bonds. The van der Waals surface area contributed by atoms with E-state index in [1.165, 1.54) is 0 Å². The number of fused-ring (bicyclic) bond motifs is 5. The highest BCUT2D eigenvalue weighted by Crippen LogP contribution is 2.94. The molecule has 118 valence electrons. The molecule has 0 nitrogen and oxygen atoms in total. The Hall–Kier alpha value is 0. The van der Waals surface area contributed by atoms with Crippen LogP contribution in [-0.2, 0) is 0 Å². The smallest absolute Gasteiger partial charge is 0.0201 e. The summed E-state index contributed by atoms with van der Waals surface area (Å²) >= 11 is 0. The fraction of sp³-hybridized carbons (Fsp3) is 1.00. The first-order chi connectivity index (χ1) is 9.60. The zero-order valence-electron chi connectivity index (χ0n) is 15.3. The number of hydrogen-bond acceptors (Lipinski definition) is 0. The Labute approximate surface area is 131 Å². The lowest BCUT2D eigenvalue weighted by atomic mass is 9.37. The molecule has 5 aliphatic carbocycles. The van der Waals surface area contributed by atoms with Gasteiger partial charge >= 0.3 is 0 Å². The van der Waals surface area contributed by atoms with Gasteiger partial charge in [-0.25, -0.2) is 0 Å². The van der Waals surface area contributed by atoms with Gasteiger partial charge in [-0.3, -0.25) is 0 Å². The van der Waals surface area contributed by atoms with Crippen molar-refractivity contribution in [2.24, 2.45) is 69.0 Å². The lowest BCUT2D eigenvalue weighted by Crippen LogP contribution is -2.63. The summed E-state index contributed by atoms with van der Waals surface area (Å²) in [6.07, 6.45) is 1.56. The van der Waals surface area contributed by atoms with Crippen LogP contribution < -0.4 is 0 Å². The van der Waals surface area contributed by atoms with E-state index in [9.17, 15) is 0 Å². The summed E-state index contributed by atoms with van der Waals surface area (Å²) < 4.78 is 0. The summed E-state index contributed by atoms with van der Waals surface area (Å²) in [6, 6.07) is 0. The molecule has 0 aliphatic heterocycles. The molecule has 12 atom stereocenters. The molecule has 0 saturated heterocycles. The minimum atomic E-state index is 0.580. The van der Waals surface area contributed by atoms with E-state index in [0.29, 0.717) is 21.7 Å². The van der Waals surface area contributed by atoms with E-state index < -0.39 is 0 Å². The van der Waals surface area contributed by atoms with Crippen molar-refractivity contribution < 1.29 is 0 Å². The van der Waals surface area contributed by atoms with Crippen LogP contribution >= 0.6 is 0 Å². The molecule has 12 unspecified atom stereocenters. The van der Waals surface area contributed by atoms with Gasteiger partial charge in [0.1, 0.15) is 0 Å². The lowest BCUT2D eigenvalue weighted by molar-refractivity contribution is -0.202. The van der Waals surface area contributed by atoms with Crippen LogP contribution in [0.2, 0.25) is 0 Å². The van der Waals surface area contributed by atoms with Gasteiger partial charge in [-0.15, -0.1) is 0 Å². The molecule has 5 aliphatic rings. The first-order valence-corrected chi connectivity index (χ1v) is 9.60. The second-order valence-electron chi connectivity index (χ2n) is 10.8. The third-order valence-electron chi connectivity index (χ3n) is 12.3. The van der Waals surface area contributed by atoms with E-state index in [2.05, 4.69) is 55.4 Å². The molecule has 4 bridgehead atoms. The predicted molar refractivity (Wildman–Crippen MR) is 87.7 cm³/mol. The first-order valence-electron chi connectivity index (χ1n) is 9.60. The maximum absolute atomic E-state index is 2.75. The normalized spacial score (nSPS) is 80.0. The van der Waals surface area contributed by atoms with Crippen molar-refractivity contribution in [1.29, 1.82) is 0 Å². The minimum absolute atomic E-state index is 0.580. The molecule has 0 heteroatoms. The summed E-state index contributed by atoms with van der Waals surface area (Å²) in [5.74, 6) is 7.75. The van der Waals surface area contributed by atoms with Crippen LogP contribution in [0.15, 0.2) is 0 Å². The maximum Gasteiger partial charge on any atom is -0.0201 e.